The zero-order chi connectivity index (χ0) is 25.7. The van der Waals surface area contributed by atoms with E-state index >= 15 is 0 Å². The maximum absolute atomic E-state index is 13.1. The SMILES string of the molecule is CCN(CC)CCCN1C(=O)C(=O)C(=C(O)c2ccc(OC)c(Cl)c2)[C@H]1c1cccc([N+](=O)[O-])c1. The first-order chi connectivity index (χ1) is 16.7. The number of halogens is 1. The van der Waals surface area contributed by atoms with Crippen LogP contribution in [0.3, 0.4) is 0 Å². The van der Waals surface area contributed by atoms with E-state index in [0.29, 0.717) is 24.3 Å². The Labute approximate surface area is 208 Å². The molecule has 186 valence electrons. The predicted octanol–water partition coefficient (Wildman–Crippen LogP) is 4.41. The van der Waals surface area contributed by atoms with Crippen LogP contribution in [0, 0.1) is 10.1 Å². The van der Waals surface area contributed by atoms with Crippen molar-refractivity contribution < 1.29 is 24.4 Å². The summed E-state index contributed by atoms with van der Waals surface area (Å²) in [4.78, 5) is 40.6. The number of benzene rings is 2. The molecule has 0 radical (unpaired) electrons. The third kappa shape index (κ3) is 5.47. The van der Waals surface area contributed by atoms with Crippen LogP contribution in [0.2, 0.25) is 5.02 Å². The van der Waals surface area contributed by atoms with Crippen LogP contribution in [0.25, 0.3) is 5.76 Å². The van der Waals surface area contributed by atoms with Crippen LogP contribution in [-0.2, 0) is 9.59 Å². The highest BCUT2D eigenvalue weighted by Crippen LogP contribution is 2.41. The number of ketones is 1. The van der Waals surface area contributed by atoms with E-state index in [-0.39, 0.29) is 28.4 Å². The van der Waals surface area contributed by atoms with Crippen LogP contribution >= 0.6 is 11.6 Å². The van der Waals surface area contributed by atoms with Gasteiger partial charge in [0.25, 0.3) is 17.4 Å². The first-order valence-corrected chi connectivity index (χ1v) is 11.7. The number of Topliss-reactive ketones (excluding diaryl/α,β-unsaturated/α-hetero) is 1. The lowest BCUT2D eigenvalue weighted by Gasteiger charge is -2.26. The van der Waals surface area contributed by atoms with Gasteiger partial charge in [-0.25, -0.2) is 0 Å². The van der Waals surface area contributed by atoms with Gasteiger partial charge >= 0.3 is 0 Å². The Morgan fingerprint density at radius 2 is 1.91 bits per heavy atom. The zero-order valence-corrected chi connectivity index (χ0v) is 20.6. The van der Waals surface area contributed by atoms with Gasteiger partial charge in [0.15, 0.2) is 0 Å². The number of nitro groups is 1. The highest BCUT2D eigenvalue weighted by molar-refractivity contribution is 6.46. The normalized spacial score (nSPS) is 17.3. The van der Waals surface area contributed by atoms with Gasteiger partial charge in [-0.2, -0.15) is 0 Å². The van der Waals surface area contributed by atoms with Crippen molar-refractivity contribution in [3.05, 3.63) is 74.3 Å². The van der Waals surface area contributed by atoms with E-state index in [1.807, 2.05) is 13.8 Å². The quantitative estimate of drug-likeness (QED) is 0.169. The molecule has 1 heterocycles. The van der Waals surface area contributed by atoms with E-state index in [1.54, 1.807) is 12.1 Å². The van der Waals surface area contributed by atoms with E-state index in [2.05, 4.69) is 4.90 Å². The smallest absolute Gasteiger partial charge is 0.295 e. The summed E-state index contributed by atoms with van der Waals surface area (Å²) in [5.41, 5.74) is 0.276. The van der Waals surface area contributed by atoms with Gasteiger partial charge in [-0.1, -0.05) is 37.6 Å². The second-order valence-electron chi connectivity index (χ2n) is 8.07. The Morgan fingerprint density at radius 3 is 2.51 bits per heavy atom. The van der Waals surface area contributed by atoms with Crippen molar-refractivity contribution in [1.29, 1.82) is 0 Å². The highest BCUT2D eigenvalue weighted by Gasteiger charge is 2.46. The molecule has 2 aromatic rings. The maximum Gasteiger partial charge on any atom is 0.295 e. The van der Waals surface area contributed by atoms with Crippen LogP contribution in [0.5, 0.6) is 5.75 Å². The molecule has 0 aliphatic carbocycles. The summed E-state index contributed by atoms with van der Waals surface area (Å²) in [6, 6.07) is 9.28. The largest absolute Gasteiger partial charge is 0.507 e. The number of nitro benzene ring substituents is 1. The van der Waals surface area contributed by atoms with Gasteiger partial charge in [0.2, 0.25) is 0 Å². The summed E-state index contributed by atoms with van der Waals surface area (Å²) in [7, 11) is 1.45. The number of hydrogen-bond donors (Lipinski definition) is 1. The Morgan fingerprint density at radius 1 is 1.20 bits per heavy atom. The molecule has 3 rings (SSSR count). The number of aliphatic hydroxyl groups is 1. The van der Waals surface area contributed by atoms with Crippen LogP contribution < -0.4 is 4.74 Å². The fourth-order valence-corrected chi connectivity index (χ4v) is 4.50. The molecule has 1 fully saturated rings. The first-order valence-electron chi connectivity index (χ1n) is 11.3. The lowest BCUT2D eigenvalue weighted by atomic mass is 9.95. The number of methoxy groups -OCH3 is 1. The highest BCUT2D eigenvalue weighted by atomic mass is 35.5. The number of likely N-dealkylation sites (tertiary alicyclic amines) is 1. The van der Waals surface area contributed by atoms with Crippen molar-refractivity contribution in [1.82, 2.24) is 9.80 Å². The van der Waals surface area contributed by atoms with Crippen molar-refractivity contribution in [2.45, 2.75) is 26.3 Å². The third-order valence-corrected chi connectivity index (χ3v) is 6.43. The number of nitrogens with zero attached hydrogens (tertiary/aromatic N) is 3. The van der Waals surface area contributed by atoms with Gasteiger partial charge in [-0.05, 0) is 49.8 Å². The molecule has 1 aliphatic rings. The summed E-state index contributed by atoms with van der Waals surface area (Å²) in [5.74, 6) is -1.64. The molecule has 0 saturated carbocycles. The summed E-state index contributed by atoms with van der Waals surface area (Å²) in [6.45, 7) is 6.74. The molecule has 0 aromatic heterocycles. The fourth-order valence-electron chi connectivity index (χ4n) is 4.24. The molecule has 10 heteroatoms. The Balaban J connectivity index is 2.10. The number of hydrogen-bond acceptors (Lipinski definition) is 7. The molecule has 1 N–H and O–H groups in total. The molecular formula is C25H28ClN3O6. The molecule has 9 nitrogen and oxygen atoms in total. The topological polar surface area (TPSA) is 113 Å². The minimum Gasteiger partial charge on any atom is -0.507 e. The lowest BCUT2D eigenvalue weighted by Crippen LogP contribution is -2.33. The van der Waals surface area contributed by atoms with Crippen molar-refractivity contribution in [2.75, 3.05) is 33.3 Å². The second kappa shape index (κ2) is 11.3. The average Bonchev–Trinajstić information content (AvgIpc) is 3.11. The van der Waals surface area contributed by atoms with Gasteiger partial charge in [0.1, 0.15) is 11.5 Å². The summed E-state index contributed by atoms with van der Waals surface area (Å²) in [6.07, 6.45) is 0.592. The number of non-ortho nitro benzene ring substituents is 1. The van der Waals surface area contributed by atoms with E-state index in [4.69, 9.17) is 16.3 Å². The van der Waals surface area contributed by atoms with Gasteiger partial charge in [0.05, 0.1) is 28.7 Å². The zero-order valence-electron chi connectivity index (χ0n) is 19.9. The van der Waals surface area contributed by atoms with Crippen LogP contribution in [0.4, 0.5) is 5.69 Å². The number of carbonyl (C=O) groups excluding carboxylic acids is 2. The molecule has 1 aliphatic heterocycles. The number of rotatable bonds is 10. The lowest BCUT2D eigenvalue weighted by molar-refractivity contribution is -0.384. The second-order valence-corrected chi connectivity index (χ2v) is 8.48. The summed E-state index contributed by atoms with van der Waals surface area (Å²) < 4.78 is 5.14. The maximum atomic E-state index is 13.1. The van der Waals surface area contributed by atoms with Gasteiger partial charge in [-0.3, -0.25) is 19.7 Å². The van der Waals surface area contributed by atoms with Crippen LogP contribution in [0.15, 0.2) is 48.0 Å². The predicted molar refractivity (Wildman–Crippen MR) is 133 cm³/mol. The molecular weight excluding hydrogens is 474 g/mol. The number of carbonyl (C=O) groups is 2. The van der Waals surface area contributed by atoms with Crippen molar-refractivity contribution in [3.8, 4) is 5.75 Å². The molecule has 0 unspecified atom stereocenters. The van der Waals surface area contributed by atoms with Gasteiger partial charge in [0, 0.05) is 24.2 Å². The summed E-state index contributed by atoms with van der Waals surface area (Å²) in [5, 5.41) is 22.8. The molecule has 1 saturated heterocycles. The Kier molecular flexibility index (Phi) is 8.48. The van der Waals surface area contributed by atoms with E-state index in [9.17, 15) is 24.8 Å². The number of aliphatic hydroxyl groups excluding tert-OH is 1. The van der Waals surface area contributed by atoms with Gasteiger partial charge in [-0.15, -0.1) is 0 Å². The monoisotopic (exact) mass is 501 g/mol. The average molecular weight is 502 g/mol. The van der Waals surface area contributed by atoms with E-state index < -0.39 is 28.4 Å². The van der Waals surface area contributed by atoms with Crippen LogP contribution in [-0.4, -0.2) is 64.8 Å². The minimum absolute atomic E-state index is 0.139. The Bertz CT molecular complexity index is 1160. The fraction of sp³-hybridized carbons (Fsp3) is 0.360. The molecule has 2 aromatic carbocycles. The first kappa shape index (κ1) is 26.2. The van der Waals surface area contributed by atoms with Crippen molar-refractivity contribution in [3.63, 3.8) is 0 Å². The molecule has 1 atom stereocenters. The minimum atomic E-state index is -0.979. The van der Waals surface area contributed by atoms with Crippen molar-refractivity contribution in [2.24, 2.45) is 0 Å². The van der Waals surface area contributed by atoms with Crippen molar-refractivity contribution >= 4 is 34.7 Å². The molecule has 35 heavy (non-hydrogen) atoms. The molecule has 1 amide bonds. The van der Waals surface area contributed by atoms with Crippen LogP contribution in [0.1, 0.15) is 37.4 Å². The molecule has 0 spiro atoms. The number of ether oxygens (including phenoxy) is 1. The standard InChI is InChI=1S/C25H28ClN3O6/c1-4-27(5-2)12-7-13-28-22(16-8-6-9-18(14-16)29(33)34)21(24(31)25(28)32)23(30)17-10-11-20(35-3)19(26)15-17/h6,8-11,14-15,22,30H,4-5,7,12-13H2,1-3H3/t22-/m1/s1. The third-order valence-electron chi connectivity index (χ3n) is 6.13. The van der Waals surface area contributed by atoms with E-state index in [1.165, 1.54) is 42.3 Å². The molecule has 0 bridgehead atoms. The Hall–Kier alpha value is -3.43. The van der Waals surface area contributed by atoms with Gasteiger partial charge < -0.3 is 19.6 Å². The number of amides is 1. The van der Waals surface area contributed by atoms with E-state index in [0.717, 1.165) is 13.1 Å². The summed E-state index contributed by atoms with van der Waals surface area (Å²) >= 11 is 6.21.